The summed E-state index contributed by atoms with van der Waals surface area (Å²) < 4.78 is 12.7. The van der Waals surface area contributed by atoms with E-state index in [1.165, 1.54) is 6.33 Å². The minimum absolute atomic E-state index is 0.122. The molecule has 3 heterocycles. The lowest BCUT2D eigenvalue weighted by molar-refractivity contribution is -0.133. The van der Waals surface area contributed by atoms with Crippen LogP contribution >= 0.6 is 0 Å². The van der Waals surface area contributed by atoms with E-state index < -0.39 is 0 Å². The van der Waals surface area contributed by atoms with Gasteiger partial charge < -0.3 is 19.3 Å². The molecule has 1 aliphatic rings. The minimum Gasteiger partial charge on any atom is -0.493 e. The number of nitrogens with zero attached hydrogens (tertiary/aromatic N) is 6. The van der Waals surface area contributed by atoms with E-state index in [-0.39, 0.29) is 11.8 Å². The second kappa shape index (κ2) is 10.2. The molecule has 2 aromatic heterocycles. The van der Waals surface area contributed by atoms with Crippen LogP contribution in [-0.2, 0) is 4.79 Å². The van der Waals surface area contributed by atoms with Gasteiger partial charge in [-0.25, -0.2) is 4.98 Å². The number of anilines is 1. The highest BCUT2D eigenvalue weighted by Crippen LogP contribution is 2.37. The number of hydrogen-bond donors (Lipinski definition) is 0. The number of carbonyl (C=O) groups is 1. The van der Waals surface area contributed by atoms with Gasteiger partial charge in [0, 0.05) is 37.9 Å². The van der Waals surface area contributed by atoms with E-state index in [4.69, 9.17) is 9.47 Å². The van der Waals surface area contributed by atoms with Crippen LogP contribution in [0.4, 0.5) is 5.82 Å². The van der Waals surface area contributed by atoms with Gasteiger partial charge >= 0.3 is 0 Å². The molecule has 9 heteroatoms. The van der Waals surface area contributed by atoms with Crippen LogP contribution < -0.4 is 14.4 Å². The summed E-state index contributed by atoms with van der Waals surface area (Å²) in [7, 11) is 3.24. The molecular weight excluding hydrogens is 456 g/mol. The van der Waals surface area contributed by atoms with Gasteiger partial charge in [-0.1, -0.05) is 43.3 Å². The van der Waals surface area contributed by atoms with Crippen molar-refractivity contribution < 1.29 is 14.3 Å². The Morgan fingerprint density at radius 2 is 1.72 bits per heavy atom. The summed E-state index contributed by atoms with van der Waals surface area (Å²) in [6, 6.07) is 15.8. The third-order valence-electron chi connectivity index (χ3n) is 6.77. The van der Waals surface area contributed by atoms with Crippen LogP contribution in [0.15, 0.2) is 61.1 Å². The second-order valence-electron chi connectivity index (χ2n) is 8.72. The van der Waals surface area contributed by atoms with Crippen molar-refractivity contribution in [3.8, 4) is 22.6 Å². The Labute approximate surface area is 210 Å². The van der Waals surface area contributed by atoms with E-state index in [1.54, 1.807) is 18.7 Å². The smallest absolute Gasteiger partial charge is 0.254 e. The monoisotopic (exact) mass is 486 g/mol. The normalized spacial score (nSPS) is 14.6. The zero-order chi connectivity index (χ0) is 25.1. The van der Waals surface area contributed by atoms with Crippen molar-refractivity contribution >= 4 is 17.5 Å². The molecule has 5 rings (SSSR count). The van der Waals surface area contributed by atoms with Gasteiger partial charge in [0.2, 0.25) is 5.91 Å². The minimum atomic E-state index is -0.122. The molecule has 1 atom stereocenters. The Morgan fingerprint density at radius 1 is 0.972 bits per heavy atom. The third kappa shape index (κ3) is 4.32. The molecule has 9 nitrogen and oxygen atoms in total. The number of rotatable bonds is 7. The molecule has 186 valence electrons. The average molecular weight is 487 g/mol. The summed E-state index contributed by atoms with van der Waals surface area (Å²) in [6.45, 7) is 4.68. The van der Waals surface area contributed by atoms with Crippen molar-refractivity contribution in [1.82, 2.24) is 24.5 Å². The molecule has 1 amide bonds. The SMILES string of the molecule is CCC(C(=O)N1CCN(c2c(-c3ccc(OC)c(OC)c3)cnc3ncnn23)CC1)c1ccccc1. The number of carbonyl (C=O) groups excluding carboxylic acids is 1. The van der Waals surface area contributed by atoms with Crippen LogP contribution in [0.2, 0.25) is 0 Å². The van der Waals surface area contributed by atoms with Crippen molar-refractivity contribution in [2.75, 3.05) is 45.3 Å². The highest BCUT2D eigenvalue weighted by Gasteiger charge is 2.29. The molecule has 0 bridgehead atoms. The summed E-state index contributed by atoms with van der Waals surface area (Å²) in [6.07, 6.45) is 4.10. The summed E-state index contributed by atoms with van der Waals surface area (Å²) >= 11 is 0. The van der Waals surface area contributed by atoms with Crippen molar-refractivity contribution in [1.29, 1.82) is 0 Å². The first-order valence-corrected chi connectivity index (χ1v) is 12.1. The molecule has 0 N–H and O–H groups in total. The molecule has 0 spiro atoms. The van der Waals surface area contributed by atoms with Gasteiger partial charge in [-0.15, -0.1) is 0 Å². The number of piperazine rings is 1. The molecule has 0 saturated carbocycles. The Balaban J connectivity index is 1.43. The lowest BCUT2D eigenvalue weighted by Crippen LogP contribution is -2.50. The van der Waals surface area contributed by atoms with Crippen molar-refractivity contribution in [2.45, 2.75) is 19.3 Å². The van der Waals surface area contributed by atoms with E-state index in [0.717, 1.165) is 28.9 Å². The van der Waals surface area contributed by atoms with Crippen molar-refractivity contribution in [2.24, 2.45) is 0 Å². The topological polar surface area (TPSA) is 85.1 Å². The molecule has 1 unspecified atom stereocenters. The number of fused-ring (bicyclic) bond motifs is 1. The lowest BCUT2D eigenvalue weighted by atomic mass is 9.94. The number of amides is 1. The van der Waals surface area contributed by atoms with E-state index in [9.17, 15) is 4.79 Å². The number of aromatic nitrogens is 4. The Bertz CT molecular complexity index is 1350. The fourth-order valence-electron chi connectivity index (χ4n) is 4.88. The average Bonchev–Trinajstić information content (AvgIpc) is 3.42. The van der Waals surface area contributed by atoms with E-state index in [1.807, 2.05) is 59.6 Å². The Hall–Kier alpha value is -4.14. The standard InChI is InChI=1S/C27H30N6O3/c1-4-21(19-8-6-5-7-9-19)26(34)32-14-12-31(13-15-32)25-22(17-28-27-29-18-30-33(25)27)20-10-11-23(35-2)24(16-20)36-3/h5-11,16-18,21H,4,12-15H2,1-3H3. The number of methoxy groups -OCH3 is 2. The fraction of sp³-hybridized carbons (Fsp3) is 0.333. The number of benzene rings is 2. The maximum absolute atomic E-state index is 13.4. The molecule has 1 fully saturated rings. The zero-order valence-corrected chi connectivity index (χ0v) is 20.8. The van der Waals surface area contributed by atoms with Gasteiger partial charge in [-0.05, 0) is 29.7 Å². The third-order valence-corrected chi connectivity index (χ3v) is 6.77. The molecule has 1 saturated heterocycles. The van der Waals surface area contributed by atoms with E-state index in [0.29, 0.717) is 43.5 Å². The molecule has 4 aromatic rings. The lowest BCUT2D eigenvalue weighted by Gasteiger charge is -2.38. The van der Waals surface area contributed by atoms with Gasteiger partial charge in [-0.2, -0.15) is 14.6 Å². The van der Waals surface area contributed by atoms with E-state index >= 15 is 0 Å². The highest BCUT2D eigenvalue weighted by molar-refractivity contribution is 5.84. The fourth-order valence-corrected chi connectivity index (χ4v) is 4.88. The number of hydrogen-bond acceptors (Lipinski definition) is 7. The molecule has 0 radical (unpaired) electrons. The molecule has 0 aliphatic carbocycles. The Morgan fingerprint density at radius 3 is 2.42 bits per heavy atom. The first-order chi connectivity index (χ1) is 17.6. The van der Waals surface area contributed by atoms with Gasteiger partial charge in [0.15, 0.2) is 11.5 Å². The van der Waals surface area contributed by atoms with Gasteiger partial charge in [0.25, 0.3) is 5.78 Å². The van der Waals surface area contributed by atoms with Crippen LogP contribution in [-0.4, -0.2) is 70.8 Å². The maximum Gasteiger partial charge on any atom is 0.254 e. The van der Waals surface area contributed by atoms with Gasteiger partial charge in [0.1, 0.15) is 12.1 Å². The predicted molar refractivity (Wildman–Crippen MR) is 138 cm³/mol. The summed E-state index contributed by atoms with van der Waals surface area (Å²) in [4.78, 5) is 26.4. The first kappa shape index (κ1) is 23.6. The van der Waals surface area contributed by atoms with Gasteiger partial charge in [-0.3, -0.25) is 4.79 Å². The summed E-state index contributed by atoms with van der Waals surface area (Å²) in [5.74, 6) is 2.79. The largest absolute Gasteiger partial charge is 0.493 e. The number of ether oxygens (including phenoxy) is 2. The first-order valence-electron chi connectivity index (χ1n) is 12.1. The molecule has 1 aliphatic heterocycles. The Kier molecular flexibility index (Phi) is 6.71. The highest BCUT2D eigenvalue weighted by atomic mass is 16.5. The van der Waals surface area contributed by atoms with Crippen LogP contribution in [0.3, 0.4) is 0 Å². The summed E-state index contributed by atoms with van der Waals surface area (Å²) in [5, 5.41) is 4.46. The van der Waals surface area contributed by atoms with Crippen molar-refractivity contribution in [3.63, 3.8) is 0 Å². The van der Waals surface area contributed by atoms with Crippen LogP contribution in [0, 0.1) is 0 Å². The van der Waals surface area contributed by atoms with Crippen LogP contribution in [0.5, 0.6) is 11.5 Å². The van der Waals surface area contributed by atoms with Crippen LogP contribution in [0.25, 0.3) is 16.9 Å². The maximum atomic E-state index is 13.4. The molecular formula is C27H30N6O3. The van der Waals surface area contributed by atoms with Crippen molar-refractivity contribution in [3.05, 3.63) is 66.6 Å². The quantitative estimate of drug-likeness (QED) is 0.394. The van der Waals surface area contributed by atoms with E-state index in [2.05, 4.69) is 26.9 Å². The molecule has 2 aromatic carbocycles. The summed E-state index contributed by atoms with van der Waals surface area (Å²) in [5.41, 5.74) is 2.91. The van der Waals surface area contributed by atoms with Crippen LogP contribution in [0.1, 0.15) is 24.8 Å². The second-order valence-corrected chi connectivity index (χ2v) is 8.72. The zero-order valence-electron chi connectivity index (χ0n) is 20.8. The van der Waals surface area contributed by atoms with Gasteiger partial charge in [0.05, 0.1) is 20.1 Å². The molecule has 36 heavy (non-hydrogen) atoms. The predicted octanol–water partition coefficient (Wildman–Crippen LogP) is 3.65.